The normalized spacial score (nSPS) is 30.2. The van der Waals surface area contributed by atoms with E-state index in [2.05, 4.69) is 26.6 Å². The molecule has 6 nitrogen and oxygen atoms in total. The van der Waals surface area contributed by atoms with Crippen LogP contribution in [-0.4, -0.2) is 28.7 Å². The summed E-state index contributed by atoms with van der Waals surface area (Å²) in [7, 11) is 0. The lowest BCUT2D eigenvalue weighted by atomic mass is 9.79. The summed E-state index contributed by atoms with van der Waals surface area (Å²) in [6.07, 6.45) is 0.676. The van der Waals surface area contributed by atoms with E-state index in [1.807, 2.05) is 0 Å². The molecule has 1 heterocycles. The van der Waals surface area contributed by atoms with Crippen LogP contribution >= 0.6 is 39.1 Å². The number of fused-ring (bicyclic) bond motifs is 1. The van der Waals surface area contributed by atoms with Gasteiger partial charge in [0.2, 0.25) is 5.91 Å². The number of esters is 1. The van der Waals surface area contributed by atoms with Crippen molar-refractivity contribution >= 4 is 68.3 Å². The van der Waals surface area contributed by atoms with E-state index in [9.17, 15) is 14.4 Å². The third-order valence-electron chi connectivity index (χ3n) is 6.39. The fourth-order valence-corrected chi connectivity index (χ4v) is 6.46. The van der Waals surface area contributed by atoms with Crippen LogP contribution in [0, 0.1) is 23.7 Å². The fraction of sp³-hybridized carbons (Fsp3) is 0.318. The molecule has 160 valence electrons. The highest BCUT2D eigenvalue weighted by Crippen LogP contribution is 2.60. The Hall–Kier alpha value is -2.09. The first-order valence-corrected chi connectivity index (χ1v) is 11.5. The van der Waals surface area contributed by atoms with Crippen molar-refractivity contribution in [2.24, 2.45) is 23.7 Å². The Labute approximate surface area is 196 Å². The van der Waals surface area contributed by atoms with Crippen LogP contribution in [0.2, 0.25) is 10.0 Å². The summed E-state index contributed by atoms with van der Waals surface area (Å²) in [5, 5.41) is 6.41. The van der Waals surface area contributed by atoms with E-state index in [0.29, 0.717) is 27.0 Å². The topological polar surface area (TPSA) is 84.5 Å². The van der Waals surface area contributed by atoms with Gasteiger partial charge >= 0.3 is 5.97 Å². The quantitative estimate of drug-likeness (QED) is 0.447. The number of benzene rings is 2. The van der Waals surface area contributed by atoms with Crippen molar-refractivity contribution in [3.05, 3.63) is 58.1 Å². The molecule has 3 aliphatic rings. The lowest BCUT2D eigenvalue weighted by molar-refractivity contribution is -0.145. The predicted molar refractivity (Wildman–Crippen MR) is 121 cm³/mol. The molecule has 9 heteroatoms. The van der Waals surface area contributed by atoms with Crippen LogP contribution in [0.4, 0.5) is 11.4 Å². The van der Waals surface area contributed by atoms with E-state index in [4.69, 9.17) is 27.9 Å². The van der Waals surface area contributed by atoms with Crippen LogP contribution in [0.25, 0.3) is 0 Å². The molecule has 2 saturated carbocycles. The summed E-state index contributed by atoms with van der Waals surface area (Å²) in [5.74, 6) is -1.58. The first kappa shape index (κ1) is 20.8. The fourth-order valence-electron chi connectivity index (χ4n) is 5.08. The molecule has 2 aromatic rings. The second-order valence-corrected chi connectivity index (χ2v) is 10.0. The van der Waals surface area contributed by atoms with Crippen molar-refractivity contribution in [3.8, 4) is 0 Å². The molecule has 2 aliphatic carbocycles. The Morgan fingerprint density at radius 2 is 1.87 bits per heavy atom. The number of rotatable bonds is 4. The Bertz CT molecular complexity index is 1110. The second-order valence-electron chi connectivity index (χ2n) is 8.11. The van der Waals surface area contributed by atoms with Gasteiger partial charge in [-0.2, -0.15) is 0 Å². The number of hydrogen-bond donors (Lipinski definition) is 2. The van der Waals surface area contributed by atoms with Crippen LogP contribution in [0.15, 0.2) is 42.5 Å². The number of carbonyl (C=O) groups is 3. The van der Waals surface area contributed by atoms with Crippen molar-refractivity contribution < 1.29 is 19.1 Å². The predicted octanol–water partition coefficient (Wildman–Crippen LogP) is 4.76. The Balaban J connectivity index is 1.32. The lowest BCUT2D eigenvalue weighted by Crippen LogP contribution is -2.40. The van der Waals surface area contributed by atoms with Crippen molar-refractivity contribution in [2.45, 2.75) is 17.4 Å². The average Bonchev–Trinajstić information content (AvgIpc) is 3.35. The van der Waals surface area contributed by atoms with Crippen molar-refractivity contribution in [3.63, 3.8) is 0 Å². The van der Waals surface area contributed by atoms with Gasteiger partial charge in [0, 0.05) is 22.2 Å². The minimum Gasteiger partial charge on any atom is -0.461 e. The second kappa shape index (κ2) is 7.80. The smallest absolute Gasteiger partial charge is 0.310 e. The van der Waals surface area contributed by atoms with Gasteiger partial charge in [0.1, 0.15) is 6.10 Å². The number of carbonyl (C=O) groups excluding carboxylic acids is 3. The minimum absolute atomic E-state index is 0.00416. The number of nitrogens with one attached hydrogen (secondary N) is 2. The van der Waals surface area contributed by atoms with Gasteiger partial charge in [-0.3, -0.25) is 14.4 Å². The molecule has 5 rings (SSSR count). The third kappa shape index (κ3) is 3.52. The van der Waals surface area contributed by atoms with Crippen molar-refractivity contribution in [1.29, 1.82) is 0 Å². The monoisotopic (exact) mass is 522 g/mol. The van der Waals surface area contributed by atoms with E-state index in [0.717, 1.165) is 6.42 Å². The maximum atomic E-state index is 13.1. The number of ether oxygens (including phenoxy) is 1. The molecule has 0 unspecified atom stereocenters. The number of anilines is 2. The van der Waals surface area contributed by atoms with Gasteiger partial charge in [-0.1, -0.05) is 45.2 Å². The van der Waals surface area contributed by atoms with Crippen LogP contribution in [-0.2, 0) is 14.3 Å². The molecule has 0 aromatic heterocycles. The molecular weight excluding hydrogens is 507 g/mol. The van der Waals surface area contributed by atoms with E-state index in [1.54, 1.807) is 42.5 Å². The largest absolute Gasteiger partial charge is 0.461 e. The molecule has 2 aromatic carbocycles. The molecule has 1 aliphatic heterocycles. The molecule has 2 amide bonds. The van der Waals surface area contributed by atoms with Crippen molar-refractivity contribution in [2.75, 3.05) is 10.6 Å². The van der Waals surface area contributed by atoms with Gasteiger partial charge in [-0.05, 0) is 48.7 Å². The zero-order valence-electron chi connectivity index (χ0n) is 16.0. The molecule has 0 spiro atoms. The summed E-state index contributed by atoms with van der Waals surface area (Å²) >= 11 is 15.7. The first-order valence-electron chi connectivity index (χ1n) is 9.85. The van der Waals surface area contributed by atoms with E-state index in [-0.39, 0.29) is 46.5 Å². The Morgan fingerprint density at radius 3 is 2.68 bits per heavy atom. The SMILES string of the molecule is O=C(Nc1cc(Cl)ccc1Cl)c1cccc(NC(=O)[C@@H]2[C@H]3C[C@H]4[C@H](OC(=O)[C@H]42)[C@@H]3Br)c1. The molecule has 31 heavy (non-hydrogen) atoms. The highest BCUT2D eigenvalue weighted by molar-refractivity contribution is 9.09. The molecule has 6 atom stereocenters. The van der Waals surface area contributed by atoms with E-state index in [1.165, 1.54) is 0 Å². The summed E-state index contributed by atoms with van der Waals surface area (Å²) in [6, 6.07) is 11.4. The maximum absolute atomic E-state index is 13.1. The molecule has 1 saturated heterocycles. The average molecular weight is 524 g/mol. The highest BCUT2D eigenvalue weighted by Gasteiger charge is 2.67. The summed E-state index contributed by atoms with van der Waals surface area (Å²) < 4.78 is 5.47. The Kier molecular flexibility index (Phi) is 5.23. The number of halogens is 3. The van der Waals surface area contributed by atoms with Gasteiger partial charge in [-0.15, -0.1) is 0 Å². The van der Waals surface area contributed by atoms with Gasteiger partial charge in [-0.25, -0.2) is 0 Å². The van der Waals surface area contributed by atoms with Gasteiger partial charge < -0.3 is 15.4 Å². The van der Waals surface area contributed by atoms with Crippen LogP contribution in [0.1, 0.15) is 16.8 Å². The van der Waals surface area contributed by atoms with E-state index < -0.39 is 5.92 Å². The summed E-state index contributed by atoms with van der Waals surface area (Å²) in [5.41, 5.74) is 1.22. The Morgan fingerprint density at radius 1 is 1.06 bits per heavy atom. The summed E-state index contributed by atoms with van der Waals surface area (Å²) in [4.78, 5) is 38.0. The number of alkyl halides is 1. The molecular formula is C22H17BrCl2N2O4. The maximum Gasteiger partial charge on any atom is 0.310 e. The third-order valence-corrected chi connectivity index (χ3v) is 8.16. The van der Waals surface area contributed by atoms with Crippen LogP contribution in [0.3, 0.4) is 0 Å². The zero-order chi connectivity index (χ0) is 21.9. The molecule has 0 radical (unpaired) electrons. The summed E-state index contributed by atoms with van der Waals surface area (Å²) in [6.45, 7) is 0. The standard InChI is InChI=1S/C22H17BrCl2N2O4/c23-18-12-8-13-17(22(30)31-19(13)18)16(12)21(29)26-11-3-1-2-9(6-11)20(28)27-15-7-10(24)4-5-14(15)25/h1-7,12-13,16-19H,8H2,(H,26,29)(H,27,28)/t12-,13-,16-,17-,18-,19+/m1/s1. The molecule has 2 bridgehead atoms. The van der Waals surface area contributed by atoms with Crippen molar-refractivity contribution in [1.82, 2.24) is 0 Å². The molecule has 2 N–H and O–H groups in total. The van der Waals surface area contributed by atoms with Crippen LogP contribution < -0.4 is 10.6 Å². The van der Waals surface area contributed by atoms with Crippen LogP contribution in [0.5, 0.6) is 0 Å². The lowest BCUT2D eigenvalue weighted by Gasteiger charge is -2.27. The first-order chi connectivity index (χ1) is 14.8. The number of amides is 2. The van der Waals surface area contributed by atoms with Gasteiger partial charge in [0.25, 0.3) is 5.91 Å². The van der Waals surface area contributed by atoms with Gasteiger partial charge in [0.05, 0.1) is 27.4 Å². The number of hydrogen-bond acceptors (Lipinski definition) is 4. The zero-order valence-corrected chi connectivity index (χ0v) is 19.1. The van der Waals surface area contributed by atoms with E-state index >= 15 is 0 Å². The highest BCUT2D eigenvalue weighted by atomic mass is 79.9. The molecule has 3 fully saturated rings. The van der Waals surface area contributed by atoms with Gasteiger partial charge in [0.15, 0.2) is 0 Å². The minimum atomic E-state index is -0.441.